The maximum atomic E-state index is 13.2. The largest absolute Gasteiger partial charge is 0.378 e. The number of carbonyl (C=O) groups is 2. The molecule has 0 unspecified atom stereocenters. The number of benzene rings is 1. The zero-order valence-electron chi connectivity index (χ0n) is 15.4. The molecular weight excluding hydrogens is 328 g/mol. The van der Waals surface area contributed by atoms with Crippen molar-refractivity contribution in [2.45, 2.75) is 39.0 Å². The summed E-state index contributed by atoms with van der Waals surface area (Å²) in [5.41, 5.74) is 4.31. The van der Waals surface area contributed by atoms with Crippen LogP contribution in [-0.4, -0.2) is 43.0 Å². The number of ether oxygens (including phenoxy) is 1. The minimum absolute atomic E-state index is 0.0542. The molecule has 2 fully saturated rings. The molecule has 26 heavy (non-hydrogen) atoms. The van der Waals surface area contributed by atoms with Gasteiger partial charge in [-0.3, -0.25) is 14.5 Å². The monoisotopic (exact) mass is 354 g/mol. The van der Waals surface area contributed by atoms with Crippen molar-refractivity contribution < 1.29 is 14.3 Å². The number of rotatable bonds is 3. The Labute approximate surface area is 154 Å². The minimum atomic E-state index is -0.290. The van der Waals surface area contributed by atoms with E-state index in [1.807, 2.05) is 31.2 Å². The van der Waals surface area contributed by atoms with Gasteiger partial charge >= 0.3 is 0 Å². The van der Waals surface area contributed by atoms with Crippen molar-refractivity contribution in [3.63, 3.8) is 0 Å². The SMILES string of the molecule is Cc1ccc(N2C(=O)C[C@H](C3=C(N4CCOCC4)CCCC3)C2=O)cc1. The van der Waals surface area contributed by atoms with Gasteiger partial charge in [0.1, 0.15) is 0 Å². The first kappa shape index (κ1) is 17.3. The molecule has 2 aliphatic heterocycles. The summed E-state index contributed by atoms with van der Waals surface area (Å²) in [5, 5.41) is 0. The van der Waals surface area contributed by atoms with Gasteiger partial charge in [0.25, 0.3) is 0 Å². The van der Waals surface area contributed by atoms with Gasteiger partial charge in [-0.2, -0.15) is 0 Å². The number of nitrogens with zero attached hydrogens (tertiary/aromatic N) is 2. The van der Waals surface area contributed by atoms with Crippen molar-refractivity contribution in [3.05, 3.63) is 41.1 Å². The van der Waals surface area contributed by atoms with Crippen LogP contribution >= 0.6 is 0 Å². The highest BCUT2D eigenvalue weighted by Gasteiger charge is 2.43. The van der Waals surface area contributed by atoms with Crippen LogP contribution in [0.25, 0.3) is 0 Å². The Bertz CT molecular complexity index is 732. The molecule has 0 aromatic heterocycles. The molecule has 5 heteroatoms. The van der Waals surface area contributed by atoms with Gasteiger partial charge in [-0.05, 0) is 50.3 Å². The standard InChI is InChI=1S/C21H26N2O3/c1-15-6-8-16(9-7-15)23-20(24)14-18(21(23)25)17-4-2-3-5-19(17)22-10-12-26-13-11-22/h6-9,18H,2-5,10-14H2,1H3/t18-/m1/s1. The number of morpholine rings is 1. The van der Waals surface area contributed by atoms with Crippen LogP contribution in [0, 0.1) is 12.8 Å². The van der Waals surface area contributed by atoms with E-state index in [9.17, 15) is 9.59 Å². The first-order chi connectivity index (χ1) is 12.6. The number of anilines is 1. The Hall–Kier alpha value is -2.14. The topological polar surface area (TPSA) is 49.9 Å². The molecular formula is C21H26N2O3. The van der Waals surface area contributed by atoms with E-state index in [0.29, 0.717) is 12.1 Å². The first-order valence-electron chi connectivity index (χ1n) is 9.63. The third-order valence-corrected chi connectivity index (χ3v) is 5.73. The summed E-state index contributed by atoms with van der Waals surface area (Å²) < 4.78 is 5.48. The van der Waals surface area contributed by atoms with Crippen LogP contribution in [0.2, 0.25) is 0 Å². The fourth-order valence-corrected chi connectivity index (χ4v) is 4.35. The van der Waals surface area contributed by atoms with Crippen molar-refractivity contribution in [2.24, 2.45) is 5.92 Å². The molecule has 5 nitrogen and oxygen atoms in total. The van der Waals surface area contributed by atoms with E-state index in [2.05, 4.69) is 4.90 Å². The summed E-state index contributed by atoms with van der Waals surface area (Å²) in [5.74, 6) is -0.424. The summed E-state index contributed by atoms with van der Waals surface area (Å²) in [6, 6.07) is 7.63. The summed E-state index contributed by atoms with van der Waals surface area (Å²) in [6.07, 6.45) is 4.50. The minimum Gasteiger partial charge on any atom is -0.378 e. The molecule has 2 heterocycles. The van der Waals surface area contributed by atoms with E-state index in [0.717, 1.165) is 57.6 Å². The number of aryl methyl sites for hydroxylation is 1. The Morgan fingerprint density at radius 2 is 1.69 bits per heavy atom. The number of hydrogen-bond acceptors (Lipinski definition) is 4. The number of imide groups is 1. The van der Waals surface area contributed by atoms with Crippen molar-refractivity contribution >= 4 is 17.5 Å². The van der Waals surface area contributed by atoms with Crippen molar-refractivity contribution in [3.8, 4) is 0 Å². The molecule has 138 valence electrons. The second-order valence-electron chi connectivity index (χ2n) is 7.44. The Morgan fingerprint density at radius 1 is 1.00 bits per heavy atom. The molecule has 2 amide bonds. The fourth-order valence-electron chi connectivity index (χ4n) is 4.35. The van der Waals surface area contributed by atoms with Gasteiger partial charge in [-0.25, -0.2) is 0 Å². The number of allylic oxidation sites excluding steroid dienone is 1. The lowest BCUT2D eigenvalue weighted by molar-refractivity contribution is -0.121. The lowest BCUT2D eigenvalue weighted by Crippen LogP contribution is -2.38. The van der Waals surface area contributed by atoms with E-state index in [1.165, 1.54) is 16.2 Å². The van der Waals surface area contributed by atoms with Crippen molar-refractivity contribution in [1.82, 2.24) is 4.90 Å². The molecule has 1 atom stereocenters. The van der Waals surface area contributed by atoms with E-state index >= 15 is 0 Å². The van der Waals surface area contributed by atoms with Crippen LogP contribution in [0.4, 0.5) is 5.69 Å². The Balaban J connectivity index is 1.63. The fraction of sp³-hybridized carbons (Fsp3) is 0.524. The van der Waals surface area contributed by atoms with Crippen LogP contribution in [0.3, 0.4) is 0 Å². The Kier molecular flexibility index (Phi) is 4.81. The lowest BCUT2D eigenvalue weighted by Gasteiger charge is -2.36. The average molecular weight is 354 g/mol. The second kappa shape index (κ2) is 7.23. The third kappa shape index (κ3) is 3.16. The average Bonchev–Trinajstić information content (AvgIpc) is 2.97. The quantitative estimate of drug-likeness (QED) is 0.783. The second-order valence-corrected chi connectivity index (χ2v) is 7.44. The molecule has 0 N–H and O–H groups in total. The predicted molar refractivity (Wildman–Crippen MR) is 99.7 cm³/mol. The van der Waals surface area contributed by atoms with Crippen LogP contribution < -0.4 is 4.90 Å². The molecule has 1 aromatic rings. The summed E-state index contributed by atoms with van der Waals surface area (Å²) in [6.45, 7) is 5.25. The highest BCUT2D eigenvalue weighted by molar-refractivity contribution is 6.21. The molecule has 4 rings (SSSR count). The molecule has 0 saturated carbocycles. The number of amides is 2. The molecule has 1 aliphatic carbocycles. The Morgan fingerprint density at radius 3 is 2.42 bits per heavy atom. The summed E-state index contributed by atoms with van der Waals surface area (Å²) in [4.78, 5) is 29.6. The van der Waals surface area contributed by atoms with Gasteiger partial charge < -0.3 is 9.64 Å². The van der Waals surface area contributed by atoms with E-state index in [-0.39, 0.29) is 17.7 Å². The van der Waals surface area contributed by atoms with Crippen molar-refractivity contribution in [2.75, 3.05) is 31.2 Å². The van der Waals surface area contributed by atoms with Gasteiger partial charge in [0, 0.05) is 25.2 Å². The van der Waals surface area contributed by atoms with Crippen LogP contribution in [0.15, 0.2) is 35.5 Å². The third-order valence-electron chi connectivity index (χ3n) is 5.73. The summed E-state index contributed by atoms with van der Waals surface area (Å²) >= 11 is 0. The maximum Gasteiger partial charge on any atom is 0.241 e. The molecule has 2 saturated heterocycles. The van der Waals surface area contributed by atoms with E-state index in [4.69, 9.17) is 4.74 Å². The van der Waals surface area contributed by atoms with E-state index in [1.54, 1.807) is 0 Å². The van der Waals surface area contributed by atoms with Gasteiger partial charge in [-0.15, -0.1) is 0 Å². The lowest BCUT2D eigenvalue weighted by atomic mass is 9.85. The maximum absolute atomic E-state index is 13.2. The summed E-state index contributed by atoms with van der Waals surface area (Å²) in [7, 11) is 0. The van der Waals surface area contributed by atoms with Gasteiger partial charge in [0.05, 0.1) is 24.8 Å². The first-order valence-corrected chi connectivity index (χ1v) is 9.63. The molecule has 0 radical (unpaired) electrons. The van der Waals surface area contributed by atoms with Gasteiger partial charge in [0.2, 0.25) is 11.8 Å². The molecule has 3 aliphatic rings. The van der Waals surface area contributed by atoms with Crippen LogP contribution in [-0.2, 0) is 14.3 Å². The number of carbonyl (C=O) groups excluding carboxylic acids is 2. The highest BCUT2D eigenvalue weighted by Crippen LogP contribution is 2.39. The molecule has 1 aromatic carbocycles. The van der Waals surface area contributed by atoms with Gasteiger partial charge in [0.15, 0.2) is 0 Å². The van der Waals surface area contributed by atoms with Gasteiger partial charge in [-0.1, -0.05) is 17.7 Å². The highest BCUT2D eigenvalue weighted by atomic mass is 16.5. The number of hydrogen-bond donors (Lipinski definition) is 0. The zero-order valence-corrected chi connectivity index (χ0v) is 15.4. The predicted octanol–water partition coefficient (Wildman–Crippen LogP) is 3.03. The smallest absolute Gasteiger partial charge is 0.241 e. The normalized spacial score (nSPS) is 24.6. The van der Waals surface area contributed by atoms with Crippen molar-refractivity contribution in [1.29, 1.82) is 0 Å². The zero-order chi connectivity index (χ0) is 18.1. The van der Waals surface area contributed by atoms with Crippen LogP contribution in [0.5, 0.6) is 0 Å². The van der Waals surface area contributed by atoms with E-state index < -0.39 is 0 Å². The molecule has 0 spiro atoms. The van der Waals surface area contributed by atoms with Crippen LogP contribution in [0.1, 0.15) is 37.7 Å². The molecule has 0 bridgehead atoms.